The van der Waals surface area contributed by atoms with Crippen molar-refractivity contribution in [2.45, 2.75) is 91.6 Å². The molecule has 1 aliphatic rings. The summed E-state index contributed by atoms with van der Waals surface area (Å²) in [5.41, 5.74) is 0.364. The molecule has 20 heavy (non-hydrogen) atoms. The van der Waals surface area contributed by atoms with Gasteiger partial charge in [0.05, 0.1) is 0 Å². The van der Waals surface area contributed by atoms with Crippen molar-refractivity contribution in [1.29, 1.82) is 0 Å². The lowest BCUT2D eigenvalue weighted by molar-refractivity contribution is 0.162. The maximum absolute atomic E-state index is 3.77. The molecule has 0 aromatic rings. The van der Waals surface area contributed by atoms with Gasteiger partial charge in [0.25, 0.3) is 0 Å². The molecule has 1 rings (SSSR count). The van der Waals surface area contributed by atoms with Crippen LogP contribution in [0.2, 0.25) is 0 Å². The van der Waals surface area contributed by atoms with Crippen LogP contribution >= 0.6 is 0 Å². The first-order valence-electron chi connectivity index (χ1n) is 8.96. The van der Waals surface area contributed by atoms with Gasteiger partial charge in [0.2, 0.25) is 0 Å². The summed E-state index contributed by atoms with van der Waals surface area (Å²) in [6.07, 6.45) is 9.53. The topological polar surface area (TPSA) is 15.3 Å². The van der Waals surface area contributed by atoms with Gasteiger partial charge in [0, 0.05) is 12.1 Å². The Morgan fingerprint density at radius 2 is 1.90 bits per heavy atom. The molecule has 2 heteroatoms. The van der Waals surface area contributed by atoms with Crippen LogP contribution in [-0.4, -0.2) is 36.6 Å². The van der Waals surface area contributed by atoms with Crippen LogP contribution in [0.15, 0.2) is 0 Å². The van der Waals surface area contributed by atoms with Crippen molar-refractivity contribution in [3.8, 4) is 0 Å². The minimum absolute atomic E-state index is 0.364. The van der Waals surface area contributed by atoms with E-state index in [1.54, 1.807) is 0 Å². The Hall–Kier alpha value is -0.0800. The monoisotopic (exact) mass is 282 g/mol. The summed E-state index contributed by atoms with van der Waals surface area (Å²) in [6.45, 7) is 15.5. The van der Waals surface area contributed by atoms with Crippen molar-refractivity contribution >= 4 is 0 Å². The Balaban J connectivity index is 2.51. The van der Waals surface area contributed by atoms with Gasteiger partial charge in [-0.05, 0) is 57.2 Å². The lowest BCUT2D eigenvalue weighted by Gasteiger charge is -2.35. The Morgan fingerprint density at radius 1 is 1.15 bits per heavy atom. The van der Waals surface area contributed by atoms with Crippen LogP contribution < -0.4 is 5.32 Å². The van der Waals surface area contributed by atoms with Gasteiger partial charge in [-0.15, -0.1) is 0 Å². The van der Waals surface area contributed by atoms with E-state index in [0.29, 0.717) is 11.5 Å². The van der Waals surface area contributed by atoms with E-state index in [-0.39, 0.29) is 0 Å². The first-order valence-corrected chi connectivity index (χ1v) is 8.96. The lowest BCUT2D eigenvalue weighted by atomic mass is 9.84. The summed E-state index contributed by atoms with van der Waals surface area (Å²) in [6, 6.07) is 1.48. The lowest BCUT2D eigenvalue weighted by Crippen LogP contribution is -2.44. The molecule has 0 amide bonds. The fourth-order valence-corrected chi connectivity index (χ4v) is 3.45. The first kappa shape index (κ1) is 18.0. The van der Waals surface area contributed by atoms with Crippen molar-refractivity contribution in [2.75, 3.05) is 19.6 Å². The van der Waals surface area contributed by atoms with Crippen LogP contribution in [-0.2, 0) is 0 Å². The van der Waals surface area contributed by atoms with Gasteiger partial charge in [0.15, 0.2) is 0 Å². The third-order valence-electron chi connectivity index (χ3n) is 4.86. The van der Waals surface area contributed by atoms with Crippen LogP contribution in [0.5, 0.6) is 0 Å². The van der Waals surface area contributed by atoms with E-state index in [4.69, 9.17) is 0 Å². The largest absolute Gasteiger partial charge is 0.313 e. The van der Waals surface area contributed by atoms with Crippen LogP contribution in [0.4, 0.5) is 0 Å². The van der Waals surface area contributed by atoms with Crippen LogP contribution in [0.3, 0.4) is 0 Å². The van der Waals surface area contributed by atoms with E-state index in [9.17, 15) is 0 Å². The average molecular weight is 283 g/mol. The maximum atomic E-state index is 3.77. The molecule has 1 fully saturated rings. The van der Waals surface area contributed by atoms with Gasteiger partial charge >= 0.3 is 0 Å². The van der Waals surface area contributed by atoms with E-state index in [1.807, 2.05) is 0 Å². The molecule has 0 bridgehead atoms. The zero-order chi connectivity index (χ0) is 15.0. The van der Waals surface area contributed by atoms with E-state index in [2.05, 4.69) is 44.8 Å². The van der Waals surface area contributed by atoms with E-state index in [0.717, 1.165) is 12.6 Å². The normalized spacial score (nSPS) is 23.6. The summed E-state index contributed by atoms with van der Waals surface area (Å²) in [5.74, 6) is 0. The number of nitrogens with one attached hydrogen (secondary N) is 1. The molecule has 2 nitrogen and oxygen atoms in total. The second kappa shape index (κ2) is 9.04. The minimum atomic E-state index is 0.364. The molecular formula is C18H38N2. The summed E-state index contributed by atoms with van der Waals surface area (Å²) < 4.78 is 0. The first-order chi connectivity index (χ1) is 9.49. The van der Waals surface area contributed by atoms with Crippen LogP contribution in [0, 0.1) is 5.41 Å². The summed E-state index contributed by atoms with van der Waals surface area (Å²) in [7, 11) is 0. The molecule has 0 spiro atoms. The van der Waals surface area contributed by atoms with Crippen molar-refractivity contribution < 1.29 is 0 Å². The van der Waals surface area contributed by atoms with Crippen molar-refractivity contribution in [3.05, 3.63) is 0 Å². The Bertz CT molecular complexity index is 244. The second-order valence-corrected chi connectivity index (χ2v) is 7.61. The zero-order valence-corrected chi connectivity index (χ0v) is 14.7. The summed E-state index contributed by atoms with van der Waals surface area (Å²) >= 11 is 0. The second-order valence-electron chi connectivity index (χ2n) is 7.61. The minimum Gasteiger partial charge on any atom is -0.313 e. The quantitative estimate of drug-likeness (QED) is 0.742. The predicted molar refractivity (Wildman–Crippen MR) is 90.3 cm³/mol. The van der Waals surface area contributed by atoms with Crippen molar-refractivity contribution in [2.24, 2.45) is 5.41 Å². The number of nitrogens with zero attached hydrogens (tertiary/aromatic N) is 1. The van der Waals surface area contributed by atoms with Crippen LogP contribution in [0.25, 0.3) is 0 Å². The fourth-order valence-electron chi connectivity index (χ4n) is 3.45. The third-order valence-corrected chi connectivity index (χ3v) is 4.86. The number of likely N-dealkylation sites (tertiary alicyclic amines) is 1. The van der Waals surface area contributed by atoms with Crippen molar-refractivity contribution in [3.63, 3.8) is 0 Å². The highest BCUT2D eigenvalue weighted by molar-refractivity contribution is 4.83. The highest BCUT2D eigenvalue weighted by Crippen LogP contribution is 2.24. The summed E-state index contributed by atoms with van der Waals surface area (Å²) in [4.78, 5) is 2.78. The zero-order valence-electron chi connectivity index (χ0n) is 14.7. The number of hydrogen-bond acceptors (Lipinski definition) is 2. The molecule has 1 N–H and O–H groups in total. The van der Waals surface area contributed by atoms with Gasteiger partial charge in [0.1, 0.15) is 0 Å². The maximum Gasteiger partial charge on any atom is 0.0128 e. The Kier molecular flexibility index (Phi) is 8.13. The highest BCUT2D eigenvalue weighted by atomic mass is 15.2. The van der Waals surface area contributed by atoms with Gasteiger partial charge in [-0.3, -0.25) is 0 Å². The number of rotatable bonds is 7. The molecule has 1 saturated heterocycles. The average Bonchev–Trinajstić information content (AvgIpc) is 2.62. The molecule has 0 radical (unpaired) electrons. The SMILES string of the molecule is CCCNC(CCN1CCCCCC1CC)C(C)(C)C. The molecule has 2 unspecified atom stereocenters. The van der Waals surface area contributed by atoms with Gasteiger partial charge in [-0.25, -0.2) is 0 Å². The molecule has 0 aromatic heterocycles. The fraction of sp³-hybridized carbons (Fsp3) is 1.00. The molecule has 1 aliphatic heterocycles. The van der Waals surface area contributed by atoms with E-state index >= 15 is 0 Å². The molecule has 0 saturated carbocycles. The third kappa shape index (κ3) is 6.13. The standard InChI is InChI=1S/C18H38N2/c1-6-13-19-17(18(3,4)5)12-15-20-14-10-8-9-11-16(20)7-2/h16-17,19H,6-15H2,1-5H3. The molecular weight excluding hydrogens is 244 g/mol. The molecule has 0 aromatic carbocycles. The van der Waals surface area contributed by atoms with Crippen LogP contribution in [0.1, 0.15) is 79.6 Å². The highest BCUT2D eigenvalue weighted by Gasteiger charge is 2.26. The predicted octanol–water partition coefficient (Wildman–Crippen LogP) is 4.45. The summed E-state index contributed by atoms with van der Waals surface area (Å²) in [5, 5.41) is 3.77. The molecule has 2 atom stereocenters. The Labute approximate surface area is 127 Å². The van der Waals surface area contributed by atoms with E-state index in [1.165, 1.54) is 58.0 Å². The molecule has 120 valence electrons. The Morgan fingerprint density at radius 3 is 2.50 bits per heavy atom. The van der Waals surface area contributed by atoms with Gasteiger partial charge < -0.3 is 10.2 Å². The molecule has 1 heterocycles. The smallest absolute Gasteiger partial charge is 0.0128 e. The van der Waals surface area contributed by atoms with E-state index < -0.39 is 0 Å². The van der Waals surface area contributed by atoms with Crippen molar-refractivity contribution in [1.82, 2.24) is 10.2 Å². The van der Waals surface area contributed by atoms with Gasteiger partial charge in [-0.1, -0.05) is 47.5 Å². The molecule has 0 aliphatic carbocycles. The van der Waals surface area contributed by atoms with Gasteiger partial charge in [-0.2, -0.15) is 0 Å². The number of hydrogen-bond donors (Lipinski definition) is 1.